The lowest BCUT2D eigenvalue weighted by Crippen LogP contribution is -2.68. The number of aromatic nitrogens is 2. The second-order valence-corrected chi connectivity index (χ2v) is 23.1. The summed E-state index contributed by atoms with van der Waals surface area (Å²) in [5.41, 5.74) is 7.58. The van der Waals surface area contributed by atoms with Crippen molar-refractivity contribution < 1.29 is 24.3 Å². The Balaban J connectivity index is 0.764. The summed E-state index contributed by atoms with van der Waals surface area (Å²) in [5, 5.41) is 26.7. The number of hydrogen-bond acceptors (Lipinski definition) is 12. The highest BCUT2D eigenvalue weighted by Gasteiger charge is 2.55. The molecule has 5 fully saturated rings. The van der Waals surface area contributed by atoms with Gasteiger partial charge in [-0.25, -0.2) is 4.98 Å². The van der Waals surface area contributed by atoms with E-state index in [9.17, 15) is 20.0 Å². The van der Waals surface area contributed by atoms with Gasteiger partial charge in [-0.05, 0) is 153 Å². The number of methoxy groups -OCH3 is 1. The molecule has 6 aromatic rings. The minimum atomic E-state index is -0.642. The highest BCUT2D eigenvalue weighted by molar-refractivity contribution is 7.98. The average molecular weight is 1010 g/mol. The summed E-state index contributed by atoms with van der Waals surface area (Å²) in [4.78, 5) is 41.9. The Morgan fingerprint density at radius 1 is 0.959 bits per heavy atom. The highest BCUT2D eigenvalue weighted by atomic mass is 32.2. The third-order valence-electron chi connectivity index (χ3n) is 16.4. The molecule has 382 valence electrons. The van der Waals surface area contributed by atoms with E-state index in [-0.39, 0.29) is 17.0 Å². The van der Waals surface area contributed by atoms with E-state index in [1.165, 1.54) is 41.2 Å². The lowest BCUT2D eigenvalue weighted by molar-refractivity contribution is -0.384. The van der Waals surface area contributed by atoms with Gasteiger partial charge in [0.2, 0.25) is 0 Å². The number of H-pyrrole nitrogens is 1. The zero-order valence-electron chi connectivity index (χ0n) is 42.4. The van der Waals surface area contributed by atoms with Crippen molar-refractivity contribution in [2.45, 2.75) is 113 Å². The maximum Gasteiger partial charge on any atom is 0.293 e. The van der Waals surface area contributed by atoms with Gasteiger partial charge < -0.3 is 29.8 Å². The molecule has 3 saturated carbocycles. The number of hydrogen-bond donors (Lipinski definition) is 4. The Kier molecular flexibility index (Phi) is 13.7. The van der Waals surface area contributed by atoms with E-state index in [0.717, 1.165) is 99.4 Å². The molecular weight excluding hydrogens is 937 g/mol. The number of nitro benzene ring substituents is 1. The Hall–Kier alpha value is -6.13. The van der Waals surface area contributed by atoms with E-state index in [1.807, 2.05) is 43.5 Å². The van der Waals surface area contributed by atoms with E-state index in [1.54, 1.807) is 25.4 Å². The average Bonchev–Trinajstić information content (AvgIpc) is 4.11. The van der Waals surface area contributed by atoms with Gasteiger partial charge in [0.15, 0.2) is 0 Å². The van der Waals surface area contributed by atoms with Gasteiger partial charge in [0.1, 0.15) is 28.6 Å². The van der Waals surface area contributed by atoms with Crippen LogP contribution >= 0.6 is 11.9 Å². The summed E-state index contributed by atoms with van der Waals surface area (Å²) in [7, 11) is 1.80. The zero-order chi connectivity index (χ0) is 50.4. The summed E-state index contributed by atoms with van der Waals surface area (Å²) >= 11 is 1.03. The number of carbonyl (C=O) groups is 1. The predicted octanol–water partition coefficient (Wildman–Crippen LogP) is 11.6. The van der Waals surface area contributed by atoms with Gasteiger partial charge in [-0.1, -0.05) is 50.2 Å². The third-order valence-corrected chi connectivity index (χ3v) is 17.2. The van der Waals surface area contributed by atoms with Crippen LogP contribution in [-0.4, -0.2) is 93.7 Å². The minimum absolute atomic E-state index is 0.0609. The molecule has 15 heteroatoms. The fourth-order valence-corrected chi connectivity index (χ4v) is 12.8. The number of benzene rings is 4. The molecular formula is C58H68N8O6S. The van der Waals surface area contributed by atoms with Gasteiger partial charge in [0, 0.05) is 97.6 Å². The number of nitrogens with one attached hydrogen (secondary N) is 3. The van der Waals surface area contributed by atoms with E-state index in [0.29, 0.717) is 76.9 Å². The van der Waals surface area contributed by atoms with E-state index in [4.69, 9.17) is 9.47 Å². The molecule has 4 N–H and O–H groups in total. The van der Waals surface area contributed by atoms with Crippen molar-refractivity contribution in [3.05, 3.63) is 141 Å². The van der Waals surface area contributed by atoms with Crippen LogP contribution in [0.25, 0.3) is 11.0 Å². The number of carbonyl (C=O) groups excluding carboxylic acids is 1. The number of piperazine rings is 1. The first-order chi connectivity index (χ1) is 35.3. The molecule has 1 spiro atoms. The van der Waals surface area contributed by atoms with Crippen LogP contribution in [0.15, 0.2) is 108 Å². The van der Waals surface area contributed by atoms with E-state index >= 15 is 0 Å². The van der Waals surface area contributed by atoms with Gasteiger partial charge in [0.05, 0.1) is 29.4 Å². The van der Waals surface area contributed by atoms with E-state index in [2.05, 4.69) is 91.0 Å². The van der Waals surface area contributed by atoms with Crippen LogP contribution < -0.4 is 24.4 Å². The molecule has 73 heavy (non-hydrogen) atoms. The lowest BCUT2D eigenvalue weighted by atomic mass is 9.59. The van der Waals surface area contributed by atoms with Crippen molar-refractivity contribution in [3.63, 3.8) is 0 Å². The predicted molar refractivity (Wildman–Crippen MR) is 288 cm³/mol. The van der Waals surface area contributed by atoms with Crippen molar-refractivity contribution in [2.24, 2.45) is 11.3 Å². The van der Waals surface area contributed by atoms with Gasteiger partial charge in [-0.15, -0.1) is 0 Å². The molecule has 11 rings (SSSR count). The first kappa shape index (κ1) is 49.1. The Morgan fingerprint density at radius 3 is 2.53 bits per heavy atom. The second kappa shape index (κ2) is 20.3. The second-order valence-electron chi connectivity index (χ2n) is 22.2. The number of ether oxygens (including phenoxy) is 2. The summed E-state index contributed by atoms with van der Waals surface area (Å²) < 4.78 is 15.3. The van der Waals surface area contributed by atoms with Crippen LogP contribution in [0.3, 0.4) is 0 Å². The maximum absolute atomic E-state index is 14.1. The molecule has 2 saturated heterocycles. The molecule has 1 atom stereocenters. The van der Waals surface area contributed by atoms with Crippen LogP contribution in [0.1, 0.15) is 123 Å². The topological polar surface area (TPSA) is 161 Å². The van der Waals surface area contributed by atoms with Gasteiger partial charge in [-0.2, -0.15) is 0 Å². The number of aromatic amines is 1. The summed E-state index contributed by atoms with van der Waals surface area (Å²) in [6, 6.07) is 31.3. The molecule has 2 aromatic heterocycles. The van der Waals surface area contributed by atoms with Crippen LogP contribution in [0.4, 0.5) is 17.1 Å². The zero-order valence-corrected chi connectivity index (χ0v) is 43.3. The van der Waals surface area contributed by atoms with Crippen molar-refractivity contribution in [1.29, 1.82) is 0 Å². The number of nitro groups is 1. The number of rotatable bonds is 17. The number of aliphatic hydroxyl groups is 1. The minimum Gasteiger partial charge on any atom is -0.496 e. The molecule has 4 aromatic carbocycles. The Bertz CT molecular complexity index is 2990. The molecule has 0 bridgehead atoms. The number of nitrogens with zero attached hydrogens (tertiary/aromatic N) is 5. The molecule has 3 aliphatic carbocycles. The summed E-state index contributed by atoms with van der Waals surface area (Å²) in [6.45, 7) is 12.9. The van der Waals surface area contributed by atoms with E-state index < -0.39 is 10.5 Å². The smallest absolute Gasteiger partial charge is 0.293 e. The molecule has 4 heterocycles. The lowest BCUT2D eigenvalue weighted by Gasteiger charge is -2.63. The fraction of sp³-hybridized carbons (Fsp3) is 0.448. The van der Waals surface area contributed by atoms with Gasteiger partial charge >= 0.3 is 0 Å². The SMILES string of the molecule is COc1cc(CN2CCN(C3CC4(C3)CN(c3ccc(C(=O)NSc5ccc(NC[C@H]6CC[C@](C)(O)CC6)c([N+](=O)[O-])c5)c(Oc5cnc6[nH]ccc6c5)c3)C4)[C@H](c3ccccc3C(C)C)C2)ccc1C1CC1. The normalized spacial score (nSPS) is 22.2. The monoisotopic (exact) mass is 1000 g/mol. The molecule has 0 unspecified atom stereocenters. The summed E-state index contributed by atoms with van der Waals surface area (Å²) in [5.74, 6) is 2.96. The van der Waals surface area contributed by atoms with Crippen LogP contribution in [-0.2, 0) is 6.54 Å². The molecule has 2 aliphatic heterocycles. The van der Waals surface area contributed by atoms with Crippen molar-refractivity contribution >= 4 is 46.0 Å². The maximum atomic E-state index is 14.1. The Morgan fingerprint density at radius 2 is 1.77 bits per heavy atom. The van der Waals surface area contributed by atoms with Crippen molar-refractivity contribution in [2.75, 3.05) is 56.6 Å². The number of anilines is 2. The standard InChI is InChI=1S/C58H68N8O6S/c1-37(2)46-7-5-6-8-48(46)52-34-63(33-39-9-14-47(40-10-11-40)53(25-39)71-4)23-24-65(52)43-29-58(30-43)35-64(36-58)42-12-15-49(54(27-42)72-44-26-41-19-22-59-55(41)61-32-44)56(67)62-73-45-13-16-50(51(28-45)66(69)70)60-31-38-17-20-57(3,68)21-18-38/h5-9,12-16,19,22,25-28,32,37-38,40,43,52,60,68H,10-11,17-18,20-21,23-24,29-31,33-36H2,1-4H3,(H,59,61)(H,62,67)/t38-,52-,57-/m0/s1. The van der Waals surface area contributed by atoms with Gasteiger partial charge in [0.25, 0.3) is 11.6 Å². The number of fused-ring (bicyclic) bond motifs is 1. The molecule has 1 amide bonds. The van der Waals surface area contributed by atoms with Crippen LogP contribution in [0.5, 0.6) is 17.2 Å². The first-order valence-electron chi connectivity index (χ1n) is 26.2. The van der Waals surface area contributed by atoms with Gasteiger partial charge in [-0.3, -0.25) is 29.4 Å². The fourth-order valence-electron chi connectivity index (χ4n) is 12.1. The van der Waals surface area contributed by atoms with Crippen LogP contribution in [0.2, 0.25) is 0 Å². The quantitative estimate of drug-likeness (QED) is 0.0389. The molecule has 14 nitrogen and oxygen atoms in total. The first-order valence-corrected chi connectivity index (χ1v) is 27.1. The highest BCUT2D eigenvalue weighted by Crippen LogP contribution is 2.54. The molecule has 5 aliphatic rings. The largest absolute Gasteiger partial charge is 0.496 e. The van der Waals surface area contributed by atoms with Crippen molar-refractivity contribution in [3.8, 4) is 17.2 Å². The Labute approximate surface area is 432 Å². The third kappa shape index (κ3) is 10.6. The number of pyridine rings is 1. The summed E-state index contributed by atoms with van der Waals surface area (Å²) in [6.07, 6.45) is 11.4. The number of amides is 1. The van der Waals surface area contributed by atoms with Crippen molar-refractivity contribution in [1.82, 2.24) is 24.5 Å². The van der Waals surface area contributed by atoms with Crippen LogP contribution in [0, 0.1) is 21.4 Å². The molecule has 0 radical (unpaired) electrons.